The molecule has 0 radical (unpaired) electrons. The molecule has 0 aromatic heterocycles. The maximum Gasteiger partial charge on any atom is 0.339 e. The molecular formula is C11H10O5. The lowest BCUT2D eigenvalue weighted by atomic mass is 10.0. The molecule has 0 amide bonds. The van der Waals surface area contributed by atoms with Crippen LogP contribution in [0.4, 0.5) is 0 Å². The summed E-state index contributed by atoms with van der Waals surface area (Å²) >= 11 is 0. The summed E-state index contributed by atoms with van der Waals surface area (Å²) in [7, 11) is 1.51. The van der Waals surface area contributed by atoms with E-state index in [9.17, 15) is 9.59 Å². The van der Waals surface area contributed by atoms with Gasteiger partial charge < -0.3 is 14.6 Å². The highest BCUT2D eigenvalue weighted by atomic mass is 16.5. The molecule has 0 fully saturated rings. The Morgan fingerprint density at radius 1 is 1.56 bits per heavy atom. The van der Waals surface area contributed by atoms with Crippen LogP contribution in [0, 0.1) is 0 Å². The first kappa shape index (κ1) is 10.5. The van der Waals surface area contributed by atoms with Crippen molar-refractivity contribution in [3.63, 3.8) is 0 Å². The number of carbonyl (C=O) groups excluding carboxylic acids is 1. The fourth-order valence-corrected chi connectivity index (χ4v) is 1.69. The molecule has 1 atom stereocenters. The minimum Gasteiger partial charge on any atom is -0.497 e. The Kier molecular flexibility index (Phi) is 2.52. The van der Waals surface area contributed by atoms with Gasteiger partial charge in [0, 0.05) is 5.56 Å². The topological polar surface area (TPSA) is 72.8 Å². The molecule has 84 valence electrons. The Morgan fingerprint density at radius 3 is 2.94 bits per heavy atom. The second-order valence-corrected chi connectivity index (χ2v) is 3.44. The van der Waals surface area contributed by atoms with Crippen LogP contribution in [-0.2, 0) is 9.53 Å². The highest BCUT2D eigenvalue weighted by Gasteiger charge is 2.32. The maximum absolute atomic E-state index is 11.4. The smallest absolute Gasteiger partial charge is 0.339 e. The van der Waals surface area contributed by atoms with Gasteiger partial charge in [-0.3, -0.25) is 4.79 Å². The Bertz CT molecular complexity index is 450. The summed E-state index contributed by atoms with van der Waals surface area (Å²) in [4.78, 5) is 22.0. The van der Waals surface area contributed by atoms with Gasteiger partial charge in [-0.05, 0) is 18.2 Å². The van der Waals surface area contributed by atoms with Crippen LogP contribution in [0.15, 0.2) is 18.2 Å². The number of aliphatic carboxylic acids is 1. The van der Waals surface area contributed by atoms with Crippen molar-refractivity contribution in [2.45, 2.75) is 12.5 Å². The lowest BCUT2D eigenvalue weighted by Crippen LogP contribution is -2.05. The number of carbonyl (C=O) groups is 2. The summed E-state index contributed by atoms with van der Waals surface area (Å²) in [5, 5.41) is 8.69. The molecule has 5 nitrogen and oxygen atoms in total. The van der Waals surface area contributed by atoms with Crippen LogP contribution in [-0.4, -0.2) is 24.2 Å². The highest BCUT2D eigenvalue weighted by Crippen LogP contribution is 2.35. The summed E-state index contributed by atoms with van der Waals surface area (Å²) in [6.45, 7) is 0. The highest BCUT2D eigenvalue weighted by molar-refractivity contribution is 5.94. The predicted octanol–water partition coefficient (Wildman–Crippen LogP) is 1.38. The molecule has 0 spiro atoms. The molecule has 1 heterocycles. The number of carboxylic acid groups (broad SMARTS) is 1. The van der Waals surface area contributed by atoms with Crippen molar-refractivity contribution in [1.82, 2.24) is 0 Å². The van der Waals surface area contributed by atoms with Gasteiger partial charge in [0.2, 0.25) is 0 Å². The van der Waals surface area contributed by atoms with Crippen molar-refractivity contribution in [2.75, 3.05) is 7.11 Å². The van der Waals surface area contributed by atoms with E-state index in [1.54, 1.807) is 18.2 Å². The number of cyclic esters (lactones) is 1. The number of fused-ring (bicyclic) bond motifs is 1. The van der Waals surface area contributed by atoms with Crippen LogP contribution in [0.25, 0.3) is 0 Å². The summed E-state index contributed by atoms with van der Waals surface area (Å²) in [6, 6.07) is 4.86. The number of benzene rings is 1. The van der Waals surface area contributed by atoms with E-state index in [0.29, 0.717) is 16.9 Å². The van der Waals surface area contributed by atoms with Crippen molar-refractivity contribution in [2.24, 2.45) is 0 Å². The third-order valence-electron chi connectivity index (χ3n) is 2.43. The monoisotopic (exact) mass is 222 g/mol. The third-order valence-corrected chi connectivity index (χ3v) is 2.43. The minimum absolute atomic E-state index is 0.230. The lowest BCUT2D eigenvalue weighted by Gasteiger charge is -2.08. The van der Waals surface area contributed by atoms with Gasteiger partial charge in [0.1, 0.15) is 11.9 Å². The van der Waals surface area contributed by atoms with Crippen molar-refractivity contribution in [1.29, 1.82) is 0 Å². The number of hydrogen-bond acceptors (Lipinski definition) is 4. The maximum atomic E-state index is 11.4. The molecule has 1 aromatic rings. The van der Waals surface area contributed by atoms with E-state index in [4.69, 9.17) is 14.6 Å². The summed E-state index contributed by atoms with van der Waals surface area (Å²) in [5.41, 5.74) is 0.985. The molecule has 1 N–H and O–H groups in total. The van der Waals surface area contributed by atoms with Gasteiger partial charge in [0.05, 0.1) is 19.1 Å². The minimum atomic E-state index is -1.01. The first-order chi connectivity index (χ1) is 7.61. The van der Waals surface area contributed by atoms with Gasteiger partial charge in [-0.1, -0.05) is 0 Å². The summed E-state index contributed by atoms with van der Waals surface area (Å²) in [6.07, 6.45) is -0.943. The van der Waals surface area contributed by atoms with Gasteiger partial charge >= 0.3 is 11.9 Å². The number of ether oxygens (including phenoxy) is 2. The number of hydrogen-bond donors (Lipinski definition) is 1. The van der Waals surface area contributed by atoms with Crippen molar-refractivity contribution in [3.05, 3.63) is 29.3 Å². The number of methoxy groups -OCH3 is 1. The van der Waals surface area contributed by atoms with Gasteiger partial charge in [-0.2, -0.15) is 0 Å². The average molecular weight is 222 g/mol. The van der Waals surface area contributed by atoms with E-state index in [0.717, 1.165) is 0 Å². The Hall–Kier alpha value is -2.04. The zero-order valence-corrected chi connectivity index (χ0v) is 8.60. The third kappa shape index (κ3) is 1.71. The van der Waals surface area contributed by atoms with E-state index >= 15 is 0 Å². The molecule has 0 aliphatic carbocycles. The molecule has 0 saturated carbocycles. The van der Waals surface area contributed by atoms with Gasteiger partial charge in [-0.25, -0.2) is 4.79 Å². The van der Waals surface area contributed by atoms with Gasteiger partial charge in [-0.15, -0.1) is 0 Å². The molecule has 2 rings (SSSR count). The van der Waals surface area contributed by atoms with Crippen LogP contribution < -0.4 is 4.74 Å². The second-order valence-electron chi connectivity index (χ2n) is 3.44. The molecule has 1 aliphatic rings. The zero-order chi connectivity index (χ0) is 11.7. The number of esters is 1. The van der Waals surface area contributed by atoms with Gasteiger partial charge in [0.15, 0.2) is 0 Å². The van der Waals surface area contributed by atoms with Crippen LogP contribution in [0.1, 0.15) is 28.4 Å². The number of rotatable bonds is 3. The molecule has 1 unspecified atom stereocenters. The SMILES string of the molecule is COc1ccc2c(c1)C(CC(=O)O)OC2=O. The molecule has 0 bridgehead atoms. The van der Waals surface area contributed by atoms with Crippen LogP contribution in [0.3, 0.4) is 0 Å². The van der Waals surface area contributed by atoms with Crippen LogP contribution in [0.2, 0.25) is 0 Å². The summed E-state index contributed by atoms with van der Waals surface area (Å²) < 4.78 is 9.98. The van der Waals surface area contributed by atoms with E-state index in [2.05, 4.69) is 0 Å². The fourth-order valence-electron chi connectivity index (χ4n) is 1.69. The van der Waals surface area contributed by atoms with Crippen molar-refractivity contribution in [3.8, 4) is 5.75 Å². The van der Waals surface area contributed by atoms with E-state index in [1.807, 2.05) is 0 Å². The van der Waals surface area contributed by atoms with E-state index < -0.39 is 18.0 Å². The molecule has 0 saturated heterocycles. The standard InChI is InChI=1S/C11H10O5/c1-15-6-2-3-7-8(4-6)9(5-10(12)13)16-11(7)14/h2-4,9H,5H2,1H3,(H,12,13). The normalized spacial score (nSPS) is 17.8. The predicted molar refractivity (Wildman–Crippen MR) is 53.4 cm³/mol. The average Bonchev–Trinajstić information content (AvgIpc) is 2.54. The summed E-state index contributed by atoms with van der Waals surface area (Å²) in [5.74, 6) is -0.912. The Balaban J connectivity index is 2.38. The zero-order valence-electron chi connectivity index (χ0n) is 8.60. The van der Waals surface area contributed by atoms with E-state index in [-0.39, 0.29) is 6.42 Å². The number of carboxylic acids is 1. The molecular weight excluding hydrogens is 212 g/mol. The molecule has 1 aliphatic heterocycles. The van der Waals surface area contributed by atoms with E-state index in [1.165, 1.54) is 7.11 Å². The molecule has 16 heavy (non-hydrogen) atoms. The largest absolute Gasteiger partial charge is 0.497 e. The Morgan fingerprint density at radius 2 is 2.31 bits per heavy atom. The van der Waals surface area contributed by atoms with Crippen LogP contribution in [0.5, 0.6) is 5.75 Å². The fraction of sp³-hybridized carbons (Fsp3) is 0.273. The first-order valence-electron chi connectivity index (χ1n) is 4.72. The quantitative estimate of drug-likeness (QED) is 0.782. The molecule has 1 aromatic carbocycles. The van der Waals surface area contributed by atoms with Crippen molar-refractivity contribution >= 4 is 11.9 Å². The lowest BCUT2D eigenvalue weighted by molar-refractivity contribution is -0.139. The van der Waals surface area contributed by atoms with Crippen LogP contribution >= 0.6 is 0 Å². The van der Waals surface area contributed by atoms with Crippen molar-refractivity contribution < 1.29 is 24.2 Å². The van der Waals surface area contributed by atoms with Gasteiger partial charge in [0.25, 0.3) is 0 Å². The first-order valence-corrected chi connectivity index (χ1v) is 4.72. The second kappa shape index (κ2) is 3.84. The molecule has 5 heteroatoms. The Labute approximate surface area is 91.6 Å².